The Hall–Kier alpha value is -1.41. The molecular formula is C15H7BrCl2FNO. The van der Waals surface area contributed by atoms with Gasteiger partial charge in [0.15, 0.2) is 5.78 Å². The normalized spacial score (nSPS) is 11.8. The highest BCUT2D eigenvalue weighted by Gasteiger charge is 2.26. The van der Waals surface area contributed by atoms with Crippen LogP contribution < -0.4 is 0 Å². The molecule has 0 bridgehead atoms. The van der Waals surface area contributed by atoms with Gasteiger partial charge in [0.05, 0.1) is 10.5 Å². The molecule has 0 heterocycles. The third-order valence-electron chi connectivity index (χ3n) is 2.88. The van der Waals surface area contributed by atoms with E-state index in [1.54, 1.807) is 18.2 Å². The Morgan fingerprint density at radius 1 is 1.24 bits per heavy atom. The lowest BCUT2D eigenvalue weighted by atomic mass is 9.91. The zero-order chi connectivity index (χ0) is 15.6. The lowest BCUT2D eigenvalue weighted by Gasteiger charge is -2.12. The van der Waals surface area contributed by atoms with Gasteiger partial charge in [0.25, 0.3) is 0 Å². The summed E-state index contributed by atoms with van der Waals surface area (Å²) in [5, 5.41) is 9.79. The molecule has 2 aromatic carbocycles. The first-order valence-electron chi connectivity index (χ1n) is 5.78. The molecule has 2 nitrogen and oxygen atoms in total. The van der Waals surface area contributed by atoms with E-state index >= 15 is 0 Å². The van der Waals surface area contributed by atoms with Gasteiger partial charge in [-0.25, -0.2) is 4.39 Å². The number of Topliss-reactive ketones (excluding diaryl/α,β-unsaturated/α-hetero) is 1. The van der Waals surface area contributed by atoms with E-state index in [1.807, 2.05) is 6.07 Å². The fourth-order valence-corrected chi connectivity index (χ4v) is 2.85. The number of ketones is 1. The zero-order valence-electron chi connectivity index (χ0n) is 10.4. The summed E-state index contributed by atoms with van der Waals surface area (Å²) >= 11 is 15.1. The van der Waals surface area contributed by atoms with Crippen LogP contribution in [0.2, 0.25) is 10.0 Å². The lowest BCUT2D eigenvalue weighted by molar-refractivity contribution is 0.0979. The van der Waals surface area contributed by atoms with Gasteiger partial charge in [0, 0.05) is 21.2 Å². The SMILES string of the molecule is N#CC(C(=O)c1ccc(F)c(Br)c1)c1c(Cl)cccc1Cl. The molecule has 1 atom stereocenters. The number of hydrogen-bond donors (Lipinski definition) is 0. The Balaban J connectivity index is 2.49. The highest BCUT2D eigenvalue weighted by molar-refractivity contribution is 9.10. The van der Waals surface area contributed by atoms with Crippen LogP contribution in [0.4, 0.5) is 4.39 Å². The van der Waals surface area contributed by atoms with E-state index in [1.165, 1.54) is 12.1 Å². The minimum atomic E-state index is -1.15. The van der Waals surface area contributed by atoms with Crippen LogP contribution in [0.3, 0.4) is 0 Å². The fraction of sp³-hybridized carbons (Fsp3) is 0.0667. The number of nitriles is 1. The average Bonchev–Trinajstić information content (AvgIpc) is 2.45. The molecule has 0 aromatic heterocycles. The smallest absolute Gasteiger partial charge is 0.184 e. The van der Waals surface area contributed by atoms with Crippen molar-refractivity contribution in [2.75, 3.05) is 0 Å². The monoisotopic (exact) mass is 385 g/mol. The Labute approximate surface area is 139 Å². The largest absolute Gasteiger partial charge is 0.292 e. The third kappa shape index (κ3) is 3.26. The molecule has 0 amide bonds. The molecule has 106 valence electrons. The van der Waals surface area contributed by atoms with Crippen molar-refractivity contribution in [3.05, 3.63) is 67.9 Å². The molecule has 0 aliphatic carbocycles. The second kappa shape index (κ2) is 6.57. The van der Waals surface area contributed by atoms with E-state index in [-0.39, 0.29) is 25.6 Å². The molecule has 0 saturated carbocycles. The highest BCUT2D eigenvalue weighted by Crippen LogP contribution is 2.33. The van der Waals surface area contributed by atoms with Crippen LogP contribution in [-0.4, -0.2) is 5.78 Å². The van der Waals surface area contributed by atoms with Crippen molar-refractivity contribution in [2.45, 2.75) is 5.92 Å². The first-order valence-corrected chi connectivity index (χ1v) is 7.33. The van der Waals surface area contributed by atoms with Crippen LogP contribution in [0, 0.1) is 17.1 Å². The van der Waals surface area contributed by atoms with E-state index in [0.29, 0.717) is 0 Å². The van der Waals surface area contributed by atoms with Crippen LogP contribution in [0.1, 0.15) is 21.8 Å². The van der Waals surface area contributed by atoms with Crippen molar-refractivity contribution in [1.82, 2.24) is 0 Å². The Bertz CT molecular complexity index is 738. The summed E-state index contributed by atoms with van der Waals surface area (Å²) in [5.41, 5.74) is 0.458. The molecule has 0 radical (unpaired) electrons. The molecule has 0 saturated heterocycles. The molecule has 6 heteroatoms. The minimum absolute atomic E-state index is 0.148. The van der Waals surface area contributed by atoms with Crippen molar-refractivity contribution in [3.8, 4) is 6.07 Å². The standard InChI is InChI=1S/C15H7BrCl2FNO/c16-10-6-8(4-5-13(10)19)15(21)9(7-20)14-11(17)2-1-3-12(14)18/h1-6,9H. The van der Waals surface area contributed by atoms with Crippen LogP contribution >= 0.6 is 39.1 Å². The second-order valence-electron chi connectivity index (χ2n) is 4.19. The van der Waals surface area contributed by atoms with Gasteiger partial charge in [0.2, 0.25) is 0 Å². The maximum Gasteiger partial charge on any atom is 0.184 e. The summed E-state index contributed by atoms with van der Waals surface area (Å²) in [5.74, 6) is -2.13. The molecule has 21 heavy (non-hydrogen) atoms. The number of carbonyl (C=O) groups excluding carboxylic acids is 1. The van der Waals surface area contributed by atoms with Crippen LogP contribution in [-0.2, 0) is 0 Å². The number of carbonyl (C=O) groups is 1. The molecule has 2 aromatic rings. The predicted octanol–water partition coefficient (Wildman–Crippen LogP) is 5.39. The predicted molar refractivity (Wildman–Crippen MR) is 83.2 cm³/mol. The van der Waals surface area contributed by atoms with Crippen molar-refractivity contribution >= 4 is 44.9 Å². The van der Waals surface area contributed by atoms with Crippen molar-refractivity contribution in [1.29, 1.82) is 5.26 Å². The Kier molecular flexibility index (Phi) is 5.00. The van der Waals surface area contributed by atoms with Gasteiger partial charge >= 0.3 is 0 Å². The number of rotatable bonds is 3. The van der Waals surface area contributed by atoms with Gasteiger partial charge in [-0.3, -0.25) is 4.79 Å². The minimum Gasteiger partial charge on any atom is -0.292 e. The van der Waals surface area contributed by atoms with Crippen LogP contribution in [0.5, 0.6) is 0 Å². The molecule has 0 N–H and O–H groups in total. The molecule has 0 spiro atoms. The Morgan fingerprint density at radius 2 is 1.86 bits per heavy atom. The molecule has 2 rings (SSSR count). The molecule has 1 unspecified atom stereocenters. The summed E-state index contributed by atoms with van der Waals surface area (Å²) in [7, 11) is 0. The van der Waals surface area contributed by atoms with Crippen LogP contribution in [0.15, 0.2) is 40.9 Å². The van der Waals surface area contributed by atoms with Gasteiger partial charge in [-0.05, 0) is 46.3 Å². The first-order chi connectivity index (χ1) is 9.95. The molecule has 0 aliphatic heterocycles. The molecular weight excluding hydrogens is 380 g/mol. The van der Waals surface area contributed by atoms with Crippen LogP contribution in [0.25, 0.3) is 0 Å². The Morgan fingerprint density at radius 3 is 2.38 bits per heavy atom. The number of hydrogen-bond acceptors (Lipinski definition) is 2. The van der Waals surface area contributed by atoms with Gasteiger partial charge in [0.1, 0.15) is 11.7 Å². The second-order valence-corrected chi connectivity index (χ2v) is 5.86. The summed E-state index contributed by atoms with van der Waals surface area (Å²) in [4.78, 5) is 12.5. The zero-order valence-corrected chi connectivity index (χ0v) is 13.5. The highest BCUT2D eigenvalue weighted by atomic mass is 79.9. The maximum atomic E-state index is 13.2. The number of benzene rings is 2. The summed E-state index contributed by atoms with van der Waals surface area (Å²) in [6.45, 7) is 0. The van der Waals surface area contributed by atoms with Crippen molar-refractivity contribution in [3.63, 3.8) is 0 Å². The maximum absolute atomic E-state index is 13.2. The van der Waals surface area contributed by atoms with E-state index in [9.17, 15) is 14.4 Å². The van der Waals surface area contributed by atoms with Gasteiger partial charge < -0.3 is 0 Å². The average molecular weight is 387 g/mol. The van der Waals surface area contributed by atoms with E-state index in [2.05, 4.69) is 15.9 Å². The topological polar surface area (TPSA) is 40.9 Å². The van der Waals surface area contributed by atoms with E-state index in [0.717, 1.165) is 6.07 Å². The quantitative estimate of drug-likeness (QED) is 0.664. The molecule has 0 fully saturated rings. The number of nitrogens with zero attached hydrogens (tertiary/aromatic N) is 1. The summed E-state index contributed by atoms with van der Waals surface area (Å²) in [6.07, 6.45) is 0. The van der Waals surface area contributed by atoms with Crippen molar-refractivity contribution < 1.29 is 9.18 Å². The first kappa shape index (κ1) is 16.0. The third-order valence-corrected chi connectivity index (χ3v) is 4.15. The van der Waals surface area contributed by atoms with Gasteiger partial charge in [-0.15, -0.1) is 0 Å². The summed E-state index contributed by atoms with van der Waals surface area (Å²) in [6, 6.07) is 10.4. The van der Waals surface area contributed by atoms with Gasteiger partial charge in [-0.1, -0.05) is 29.3 Å². The summed E-state index contributed by atoms with van der Waals surface area (Å²) < 4.78 is 13.4. The fourth-order valence-electron chi connectivity index (χ4n) is 1.86. The van der Waals surface area contributed by atoms with E-state index in [4.69, 9.17) is 23.2 Å². The van der Waals surface area contributed by atoms with Gasteiger partial charge in [-0.2, -0.15) is 5.26 Å². The lowest BCUT2D eigenvalue weighted by Crippen LogP contribution is -2.12. The molecule has 0 aliphatic rings. The van der Waals surface area contributed by atoms with E-state index < -0.39 is 17.5 Å². The number of halogens is 4. The van der Waals surface area contributed by atoms with Crippen molar-refractivity contribution in [2.24, 2.45) is 0 Å².